The van der Waals surface area contributed by atoms with Crippen LogP contribution in [0.1, 0.15) is 49.9 Å². The Kier molecular flexibility index (Phi) is 6.39. The molecule has 0 spiro atoms. The van der Waals surface area contributed by atoms with Crippen molar-refractivity contribution in [2.24, 2.45) is 0 Å². The van der Waals surface area contributed by atoms with Gasteiger partial charge < -0.3 is 9.32 Å². The van der Waals surface area contributed by atoms with Crippen molar-refractivity contribution in [2.45, 2.75) is 38.5 Å². The molecule has 0 N–H and O–H groups in total. The maximum Gasteiger partial charge on any atom is 0.159 e. The van der Waals surface area contributed by atoms with Crippen molar-refractivity contribution in [1.29, 1.82) is 0 Å². The number of benzene rings is 8. The molecule has 0 saturated carbocycles. The lowest BCUT2D eigenvalue weighted by Gasteiger charge is -2.28. The first kappa shape index (κ1) is 31.2. The number of para-hydroxylation sites is 2. The van der Waals surface area contributed by atoms with Crippen LogP contribution in [-0.4, -0.2) is 0 Å². The van der Waals surface area contributed by atoms with Gasteiger partial charge in [-0.25, -0.2) is 0 Å². The number of hydrogen-bond acceptors (Lipinski definition) is 2. The van der Waals surface area contributed by atoms with Crippen molar-refractivity contribution >= 4 is 49.8 Å². The van der Waals surface area contributed by atoms with E-state index in [0.29, 0.717) is 0 Å². The summed E-state index contributed by atoms with van der Waals surface area (Å²) in [6, 6.07) is 60.1. The zero-order chi connectivity index (χ0) is 36.3. The Bertz CT molecular complexity index is 3000. The van der Waals surface area contributed by atoms with Crippen LogP contribution in [0.5, 0.6) is 0 Å². The SMILES string of the molecule is CC1(C)c2ccccc2-c2ccc(-c3c4ccccc4cc4c3oc3c(N(c5ccccc5)c5ccc6c(c5)C(C)(C)c5ccccc5-6)cccc34)cc21. The maximum atomic E-state index is 7.28. The average molecular weight is 694 g/mol. The Hall–Kier alpha value is -6.38. The third-order valence-electron chi connectivity index (χ3n) is 12.4. The first-order valence-corrected chi connectivity index (χ1v) is 19.0. The van der Waals surface area contributed by atoms with Crippen LogP contribution in [-0.2, 0) is 10.8 Å². The van der Waals surface area contributed by atoms with E-state index in [1.807, 2.05) is 0 Å². The summed E-state index contributed by atoms with van der Waals surface area (Å²) < 4.78 is 7.28. The third kappa shape index (κ3) is 4.23. The highest BCUT2D eigenvalue weighted by Crippen LogP contribution is 2.53. The van der Waals surface area contributed by atoms with Crippen LogP contribution >= 0.6 is 0 Å². The molecule has 11 rings (SSSR count). The van der Waals surface area contributed by atoms with Gasteiger partial charge in [0.25, 0.3) is 0 Å². The van der Waals surface area contributed by atoms with Gasteiger partial charge in [-0.05, 0) is 103 Å². The summed E-state index contributed by atoms with van der Waals surface area (Å²) in [5.41, 5.74) is 17.9. The van der Waals surface area contributed by atoms with Crippen molar-refractivity contribution in [2.75, 3.05) is 4.90 Å². The number of hydrogen-bond donors (Lipinski definition) is 0. The maximum absolute atomic E-state index is 7.28. The molecule has 2 aliphatic carbocycles. The van der Waals surface area contributed by atoms with Gasteiger partial charge in [-0.1, -0.05) is 149 Å². The van der Waals surface area contributed by atoms with Gasteiger partial charge in [-0.15, -0.1) is 0 Å². The molecule has 2 nitrogen and oxygen atoms in total. The lowest BCUT2D eigenvalue weighted by Crippen LogP contribution is -2.16. The minimum atomic E-state index is -0.115. The van der Waals surface area contributed by atoms with Crippen LogP contribution in [0, 0.1) is 0 Å². The largest absolute Gasteiger partial charge is 0.453 e. The second kappa shape index (κ2) is 11.1. The Morgan fingerprint density at radius 2 is 1.00 bits per heavy atom. The fraction of sp³-hybridized carbons (Fsp3) is 0.115. The molecule has 0 aliphatic heterocycles. The summed E-state index contributed by atoms with van der Waals surface area (Å²) in [6.45, 7) is 9.40. The molecule has 0 unspecified atom stereocenters. The van der Waals surface area contributed by atoms with Gasteiger partial charge in [0.1, 0.15) is 5.58 Å². The normalized spacial score (nSPS) is 14.6. The summed E-state index contributed by atoms with van der Waals surface area (Å²) in [5, 5.41) is 4.64. The second-order valence-corrected chi connectivity index (χ2v) is 16.1. The highest BCUT2D eigenvalue weighted by atomic mass is 16.3. The van der Waals surface area contributed by atoms with E-state index >= 15 is 0 Å². The minimum Gasteiger partial charge on any atom is -0.453 e. The second-order valence-electron chi connectivity index (χ2n) is 16.1. The fourth-order valence-corrected chi connectivity index (χ4v) is 9.74. The van der Waals surface area contributed by atoms with Crippen LogP contribution in [0.4, 0.5) is 17.1 Å². The average Bonchev–Trinajstić information content (AvgIpc) is 3.77. The Morgan fingerprint density at radius 3 is 1.74 bits per heavy atom. The molecule has 8 aromatic carbocycles. The summed E-state index contributed by atoms with van der Waals surface area (Å²) in [7, 11) is 0. The van der Waals surface area contributed by atoms with Crippen molar-refractivity contribution in [3.05, 3.63) is 186 Å². The van der Waals surface area contributed by atoms with Crippen molar-refractivity contribution in [1.82, 2.24) is 0 Å². The number of furan rings is 1. The number of anilines is 3. The van der Waals surface area contributed by atoms with Crippen molar-refractivity contribution < 1.29 is 4.42 Å². The molecular formula is C52H39NO. The van der Waals surface area contributed by atoms with E-state index in [1.54, 1.807) is 0 Å². The molecule has 0 atom stereocenters. The molecule has 0 fully saturated rings. The molecule has 258 valence electrons. The molecular weight excluding hydrogens is 655 g/mol. The first-order valence-electron chi connectivity index (χ1n) is 19.0. The van der Waals surface area contributed by atoms with Gasteiger partial charge in [0.2, 0.25) is 0 Å². The summed E-state index contributed by atoms with van der Waals surface area (Å²) >= 11 is 0. The topological polar surface area (TPSA) is 16.4 Å². The van der Waals surface area contributed by atoms with Gasteiger partial charge in [0.05, 0.1) is 5.69 Å². The zero-order valence-electron chi connectivity index (χ0n) is 30.9. The highest BCUT2D eigenvalue weighted by Gasteiger charge is 2.37. The zero-order valence-corrected chi connectivity index (χ0v) is 30.9. The van der Waals surface area contributed by atoms with Gasteiger partial charge >= 0.3 is 0 Å². The van der Waals surface area contributed by atoms with Gasteiger partial charge in [0, 0.05) is 38.5 Å². The summed E-state index contributed by atoms with van der Waals surface area (Å²) in [4.78, 5) is 2.37. The van der Waals surface area contributed by atoms with Gasteiger partial charge in [-0.2, -0.15) is 0 Å². The highest BCUT2D eigenvalue weighted by molar-refractivity contribution is 6.20. The standard InChI is InChI=1S/C52H39NO/c1-51(2)43-22-12-10-19-37(43)39-27-25-33(30-45(39)51)48-36-18-9-8-15-32(36)29-42-41-21-14-24-47(49(41)54-50(42)48)53(34-16-6-5-7-17-34)35-26-28-40-38-20-11-13-23-44(38)52(3,4)46(40)31-35/h5-31H,1-4H3. The van der Waals surface area contributed by atoms with E-state index in [1.165, 1.54) is 60.8 Å². The van der Waals surface area contributed by atoms with E-state index in [-0.39, 0.29) is 10.8 Å². The van der Waals surface area contributed by atoms with Crippen LogP contribution in [0.25, 0.3) is 66.1 Å². The Balaban J connectivity index is 1.16. The lowest BCUT2D eigenvalue weighted by molar-refractivity contribution is 0.660. The molecule has 54 heavy (non-hydrogen) atoms. The van der Waals surface area contributed by atoms with E-state index < -0.39 is 0 Å². The Labute approximate surface area is 315 Å². The van der Waals surface area contributed by atoms with Gasteiger partial charge in [-0.3, -0.25) is 0 Å². The third-order valence-corrected chi connectivity index (χ3v) is 12.4. The number of rotatable bonds is 4. The van der Waals surface area contributed by atoms with Crippen LogP contribution in [0.15, 0.2) is 168 Å². The van der Waals surface area contributed by atoms with Crippen LogP contribution in [0.3, 0.4) is 0 Å². The van der Waals surface area contributed by atoms with Crippen LogP contribution in [0.2, 0.25) is 0 Å². The quantitative estimate of drug-likeness (QED) is 0.182. The fourth-order valence-electron chi connectivity index (χ4n) is 9.74. The molecule has 0 bridgehead atoms. The summed E-state index contributed by atoms with van der Waals surface area (Å²) in [6.07, 6.45) is 0. The first-order chi connectivity index (χ1) is 26.3. The number of fused-ring (bicyclic) bond motifs is 10. The van der Waals surface area contributed by atoms with Crippen LogP contribution < -0.4 is 4.90 Å². The monoisotopic (exact) mass is 693 g/mol. The molecule has 2 aliphatic rings. The summed E-state index contributed by atoms with van der Waals surface area (Å²) in [5.74, 6) is 0. The molecule has 1 heterocycles. The smallest absolute Gasteiger partial charge is 0.159 e. The van der Waals surface area contributed by atoms with E-state index in [4.69, 9.17) is 4.42 Å². The van der Waals surface area contributed by atoms with E-state index in [2.05, 4.69) is 196 Å². The predicted molar refractivity (Wildman–Crippen MR) is 226 cm³/mol. The molecule has 0 amide bonds. The lowest BCUT2D eigenvalue weighted by atomic mass is 9.81. The Morgan fingerprint density at radius 1 is 0.407 bits per heavy atom. The molecule has 1 aromatic heterocycles. The molecule has 9 aromatic rings. The van der Waals surface area contributed by atoms with Gasteiger partial charge in [0.15, 0.2) is 5.58 Å². The minimum absolute atomic E-state index is 0.103. The molecule has 0 saturated heterocycles. The predicted octanol–water partition coefficient (Wildman–Crippen LogP) is 14.5. The van der Waals surface area contributed by atoms with Crippen molar-refractivity contribution in [3.8, 4) is 33.4 Å². The number of nitrogens with zero attached hydrogens (tertiary/aromatic N) is 1. The van der Waals surface area contributed by atoms with E-state index in [9.17, 15) is 0 Å². The molecule has 2 heteroatoms. The van der Waals surface area contributed by atoms with Crippen molar-refractivity contribution in [3.63, 3.8) is 0 Å². The van der Waals surface area contributed by atoms with E-state index in [0.717, 1.165) is 44.6 Å². The molecule has 0 radical (unpaired) electrons.